The molecule has 3 nitrogen and oxygen atoms in total. The quantitative estimate of drug-likeness (QED) is 0.909. The van der Waals surface area contributed by atoms with Crippen molar-refractivity contribution in [1.29, 1.82) is 0 Å². The summed E-state index contributed by atoms with van der Waals surface area (Å²) in [6.45, 7) is 8.33. The molecule has 2 atom stereocenters. The maximum atomic E-state index is 11.5. The average Bonchev–Trinajstić information content (AvgIpc) is 2.59. The molecule has 2 N–H and O–H groups in total. The third-order valence-corrected chi connectivity index (χ3v) is 6.61. The Kier molecular flexibility index (Phi) is 5.29. The van der Waals surface area contributed by atoms with Crippen molar-refractivity contribution in [3.05, 3.63) is 35.4 Å². The van der Waals surface area contributed by atoms with Crippen molar-refractivity contribution in [2.45, 2.75) is 57.8 Å². The van der Waals surface area contributed by atoms with Crippen molar-refractivity contribution in [2.75, 3.05) is 19.6 Å². The fourth-order valence-corrected chi connectivity index (χ4v) is 4.67. The lowest BCUT2D eigenvalue weighted by molar-refractivity contribution is 0.0895. The van der Waals surface area contributed by atoms with Crippen molar-refractivity contribution >= 4 is 5.91 Å². The first-order valence-electron chi connectivity index (χ1n) is 9.62. The average molecular weight is 329 g/mol. The van der Waals surface area contributed by atoms with Crippen LogP contribution in [-0.2, 0) is 5.41 Å². The molecule has 3 heteroatoms. The highest BCUT2D eigenvalue weighted by Crippen LogP contribution is 2.40. The van der Waals surface area contributed by atoms with Gasteiger partial charge in [-0.05, 0) is 60.8 Å². The first kappa shape index (κ1) is 17.5. The van der Waals surface area contributed by atoms with Crippen LogP contribution >= 0.6 is 0 Å². The van der Waals surface area contributed by atoms with Crippen LogP contribution in [0.2, 0.25) is 0 Å². The zero-order valence-electron chi connectivity index (χ0n) is 15.3. The van der Waals surface area contributed by atoms with Gasteiger partial charge in [-0.3, -0.25) is 4.79 Å². The van der Waals surface area contributed by atoms with Crippen LogP contribution < -0.4 is 5.73 Å². The Hall–Kier alpha value is -1.35. The molecule has 0 unspecified atom stereocenters. The lowest BCUT2D eigenvalue weighted by Crippen LogP contribution is -2.48. The van der Waals surface area contributed by atoms with Gasteiger partial charge in [0.05, 0.1) is 0 Å². The number of primary amides is 1. The van der Waals surface area contributed by atoms with Crippen molar-refractivity contribution < 1.29 is 4.79 Å². The summed E-state index contributed by atoms with van der Waals surface area (Å²) >= 11 is 0. The summed E-state index contributed by atoms with van der Waals surface area (Å²) in [5.41, 5.74) is 7.50. The molecule has 2 aliphatic rings. The number of hydrogen-bond donors (Lipinski definition) is 1. The van der Waals surface area contributed by atoms with Crippen LogP contribution in [0.4, 0.5) is 0 Å². The Morgan fingerprint density at radius 2 is 2.04 bits per heavy atom. The summed E-state index contributed by atoms with van der Waals surface area (Å²) in [4.78, 5) is 14.2. The van der Waals surface area contributed by atoms with Crippen LogP contribution in [-0.4, -0.2) is 30.4 Å². The van der Waals surface area contributed by atoms with Crippen LogP contribution in [0.25, 0.3) is 0 Å². The predicted octanol–water partition coefficient (Wildman–Crippen LogP) is 3.97. The number of nitrogens with zero attached hydrogens (tertiary/aromatic N) is 1. The molecule has 24 heavy (non-hydrogen) atoms. The Labute approximate surface area is 146 Å². The molecule has 1 aliphatic carbocycles. The third kappa shape index (κ3) is 3.66. The van der Waals surface area contributed by atoms with Crippen LogP contribution in [0.3, 0.4) is 0 Å². The number of amides is 1. The normalized spacial score (nSPS) is 29.5. The van der Waals surface area contributed by atoms with Crippen molar-refractivity contribution in [3.63, 3.8) is 0 Å². The second-order valence-electron chi connectivity index (χ2n) is 8.28. The smallest absolute Gasteiger partial charge is 0.248 e. The Morgan fingerprint density at radius 3 is 2.71 bits per heavy atom. The van der Waals surface area contributed by atoms with Crippen LogP contribution in [0.15, 0.2) is 24.3 Å². The van der Waals surface area contributed by atoms with Crippen LogP contribution in [0.1, 0.15) is 68.3 Å². The largest absolute Gasteiger partial charge is 0.366 e. The van der Waals surface area contributed by atoms with Gasteiger partial charge in [0.15, 0.2) is 0 Å². The van der Waals surface area contributed by atoms with Gasteiger partial charge in [0.1, 0.15) is 0 Å². The molecule has 1 saturated carbocycles. The number of hydrogen-bond acceptors (Lipinski definition) is 2. The SMILES string of the molecule is C[C@H]1CN(CC2CCCCC2)CC[C@@]1(C)c1cccc(C(N)=O)c1. The molecule has 1 amide bonds. The molecule has 1 aromatic carbocycles. The first-order valence-corrected chi connectivity index (χ1v) is 9.62. The summed E-state index contributed by atoms with van der Waals surface area (Å²) in [5.74, 6) is 1.16. The fourth-order valence-electron chi connectivity index (χ4n) is 4.67. The molecule has 1 aliphatic heterocycles. The molecular formula is C21H32N2O. The van der Waals surface area contributed by atoms with E-state index in [2.05, 4.69) is 24.8 Å². The van der Waals surface area contributed by atoms with Crippen molar-refractivity contribution in [1.82, 2.24) is 4.90 Å². The summed E-state index contributed by atoms with van der Waals surface area (Å²) < 4.78 is 0. The Balaban J connectivity index is 1.67. The lowest BCUT2D eigenvalue weighted by Gasteiger charge is -2.46. The molecule has 0 spiro atoms. The van der Waals surface area contributed by atoms with E-state index >= 15 is 0 Å². The minimum atomic E-state index is -0.331. The topological polar surface area (TPSA) is 46.3 Å². The van der Waals surface area contributed by atoms with Gasteiger partial charge < -0.3 is 10.6 Å². The van der Waals surface area contributed by atoms with E-state index in [1.54, 1.807) is 0 Å². The van der Waals surface area contributed by atoms with Crippen molar-refractivity contribution in [3.8, 4) is 0 Å². The summed E-state index contributed by atoms with van der Waals surface area (Å²) in [7, 11) is 0. The molecule has 1 aromatic rings. The van der Waals surface area contributed by atoms with E-state index in [-0.39, 0.29) is 11.3 Å². The zero-order valence-corrected chi connectivity index (χ0v) is 15.3. The lowest BCUT2D eigenvalue weighted by atomic mass is 9.67. The summed E-state index contributed by atoms with van der Waals surface area (Å²) in [6, 6.07) is 7.97. The Morgan fingerprint density at radius 1 is 1.29 bits per heavy atom. The molecule has 1 saturated heterocycles. The van der Waals surface area contributed by atoms with Gasteiger partial charge in [-0.1, -0.05) is 45.2 Å². The van der Waals surface area contributed by atoms with E-state index in [0.29, 0.717) is 11.5 Å². The van der Waals surface area contributed by atoms with E-state index in [0.717, 1.165) is 25.4 Å². The van der Waals surface area contributed by atoms with Gasteiger partial charge >= 0.3 is 0 Å². The van der Waals surface area contributed by atoms with Gasteiger partial charge in [0.25, 0.3) is 0 Å². The van der Waals surface area contributed by atoms with Gasteiger partial charge in [0.2, 0.25) is 5.91 Å². The first-order chi connectivity index (χ1) is 11.5. The summed E-state index contributed by atoms with van der Waals surface area (Å²) in [6.07, 6.45) is 8.27. The molecule has 2 fully saturated rings. The second-order valence-corrected chi connectivity index (χ2v) is 8.28. The molecule has 3 rings (SSSR count). The van der Waals surface area contributed by atoms with E-state index < -0.39 is 0 Å². The minimum absolute atomic E-state index is 0.133. The monoisotopic (exact) mass is 328 g/mol. The van der Waals surface area contributed by atoms with Gasteiger partial charge in [0, 0.05) is 18.7 Å². The van der Waals surface area contributed by atoms with Gasteiger partial charge in [-0.2, -0.15) is 0 Å². The standard InChI is InChI=1S/C21H32N2O/c1-16-14-23(15-17-7-4-3-5-8-17)12-11-21(16,2)19-10-6-9-18(13-19)20(22)24/h6,9-10,13,16-17H,3-5,7-8,11-12,14-15H2,1-2H3,(H2,22,24)/t16-,21+/m0/s1. The molecule has 132 valence electrons. The number of carbonyl (C=O) groups is 1. The van der Waals surface area contributed by atoms with E-state index in [9.17, 15) is 4.79 Å². The number of nitrogens with two attached hydrogens (primary N) is 1. The highest BCUT2D eigenvalue weighted by atomic mass is 16.1. The number of likely N-dealkylation sites (tertiary alicyclic amines) is 1. The zero-order chi connectivity index (χ0) is 17.2. The highest BCUT2D eigenvalue weighted by molar-refractivity contribution is 5.92. The molecule has 0 radical (unpaired) electrons. The van der Waals surface area contributed by atoms with Crippen LogP contribution in [0.5, 0.6) is 0 Å². The maximum Gasteiger partial charge on any atom is 0.248 e. The van der Waals surface area contributed by atoms with Gasteiger partial charge in [-0.15, -0.1) is 0 Å². The van der Waals surface area contributed by atoms with E-state index in [1.165, 1.54) is 44.2 Å². The molecular weight excluding hydrogens is 296 g/mol. The van der Waals surface area contributed by atoms with Crippen LogP contribution in [0, 0.1) is 11.8 Å². The number of carbonyl (C=O) groups excluding carboxylic acids is 1. The highest BCUT2D eigenvalue weighted by Gasteiger charge is 2.38. The number of piperidine rings is 1. The van der Waals surface area contributed by atoms with E-state index in [4.69, 9.17) is 5.73 Å². The van der Waals surface area contributed by atoms with Gasteiger partial charge in [-0.25, -0.2) is 0 Å². The van der Waals surface area contributed by atoms with Crippen molar-refractivity contribution in [2.24, 2.45) is 17.6 Å². The maximum absolute atomic E-state index is 11.5. The summed E-state index contributed by atoms with van der Waals surface area (Å²) in [5, 5.41) is 0. The second kappa shape index (κ2) is 7.26. The molecule has 0 aromatic heterocycles. The predicted molar refractivity (Wildman–Crippen MR) is 99.1 cm³/mol. The Bertz CT molecular complexity index is 579. The number of rotatable bonds is 4. The number of benzene rings is 1. The minimum Gasteiger partial charge on any atom is -0.366 e. The fraction of sp³-hybridized carbons (Fsp3) is 0.667. The molecule has 0 bridgehead atoms. The third-order valence-electron chi connectivity index (χ3n) is 6.61. The van der Waals surface area contributed by atoms with E-state index in [1.807, 2.05) is 18.2 Å². The molecule has 1 heterocycles.